The molecule has 2 aromatic rings. The highest BCUT2D eigenvalue weighted by molar-refractivity contribution is 8.00. The minimum absolute atomic E-state index is 0.223. The van der Waals surface area contributed by atoms with Gasteiger partial charge in [-0.25, -0.2) is 0 Å². The number of ether oxygens (including phenoxy) is 1. The van der Waals surface area contributed by atoms with E-state index in [9.17, 15) is 4.79 Å². The van der Waals surface area contributed by atoms with Gasteiger partial charge in [-0.1, -0.05) is 17.7 Å². The summed E-state index contributed by atoms with van der Waals surface area (Å²) in [6, 6.07) is 16.4. The van der Waals surface area contributed by atoms with Gasteiger partial charge in [-0.05, 0) is 43.3 Å². The lowest BCUT2D eigenvalue weighted by Gasteiger charge is -2.36. The van der Waals surface area contributed by atoms with Gasteiger partial charge in [0.05, 0.1) is 12.9 Å². The lowest BCUT2D eigenvalue weighted by molar-refractivity contribution is -0.128. The molecule has 1 heterocycles. The highest BCUT2D eigenvalue weighted by Gasteiger charge is 2.21. The number of thioether (sulfide) groups is 1. The van der Waals surface area contributed by atoms with E-state index in [0.29, 0.717) is 5.75 Å². The van der Waals surface area contributed by atoms with Crippen LogP contribution in [0.3, 0.4) is 0 Å². The Balaban J connectivity index is 1.48. The first kappa shape index (κ1) is 17.7. The van der Waals surface area contributed by atoms with Crippen molar-refractivity contribution in [1.29, 1.82) is 0 Å². The number of hydrogen-bond acceptors (Lipinski definition) is 4. The fourth-order valence-electron chi connectivity index (χ4n) is 2.95. The summed E-state index contributed by atoms with van der Waals surface area (Å²) in [5.41, 5.74) is 2.41. The molecule has 0 aliphatic carbocycles. The zero-order chi connectivity index (χ0) is 17.6. The molecule has 0 saturated carbocycles. The van der Waals surface area contributed by atoms with Crippen LogP contribution in [-0.2, 0) is 4.79 Å². The second-order valence-corrected chi connectivity index (χ2v) is 7.22. The average molecular weight is 356 g/mol. The third-order valence-corrected chi connectivity index (χ3v) is 5.40. The van der Waals surface area contributed by atoms with Crippen LogP contribution in [0.25, 0.3) is 0 Å². The molecule has 132 valence electrons. The molecule has 3 rings (SSSR count). The minimum Gasteiger partial charge on any atom is -0.497 e. The Hall–Kier alpha value is -2.14. The summed E-state index contributed by atoms with van der Waals surface area (Å²) in [5.74, 6) is 1.60. The van der Waals surface area contributed by atoms with Crippen molar-refractivity contribution in [3.05, 3.63) is 54.1 Å². The van der Waals surface area contributed by atoms with Crippen LogP contribution in [0.2, 0.25) is 0 Å². The van der Waals surface area contributed by atoms with Crippen LogP contribution in [0.1, 0.15) is 5.56 Å². The standard InChI is InChI=1S/C20H24N2O2S/c1-16-4-3-5-19(14-16)25-15-20(23)22-12-10-21(11-13-22)17-6-8-18(24-2)9-7-17/h3-9,14H,10-13,15H2,1-2H3. The molecule has 5 heteroatoms. The van der Waals surface area contributed by atoms with Crippen molar-refractivity contribution in [2.45, 2.75) is 11.8 Å². The summed E-state index contributed by atoms with van der Waals surface area (Å²) < 4.78 is 5.20. The predicted molar refractivity (Wildman–Crippen MR) is 104 cm³/mol. The summed E-state index contributed by atoms with van der Waals surface area (Å²) in [5, 5.41) is 0. The Labute approximate surface area is 153 Å². The Kier molecular flexibility index (Phi) is 5.87. The van der Waals surface area contributed by atoms with Crippen molar-refractivity contribution in [1.82, 2.24) is 4.90 Å². The molecule has 1 saturated heterocycles. The molecule has 1 aliphatic rings. The van der Waals surface area contributed by atoms with Gasteiger partial charge in [-0.3, -0.25) is 4.79 Å². The summed E-state index contributed by atoms with van der Waals surface area (Å²) in [7, 11) is 1.67. The average Bonchev–Trinajstić information content (AvgIpc) is 2.66. The molecule has 25 heavy (non-hydrogen) atoms. The molecule has 0 aromatic heterocycles. The van der Waals surface area contributed by atoms with Crippen LogP contribution in [0, 0.1) is 6.92 Å². The third-order valence-electron chi connectivity index (χ3n) is 4.42. The number of piperazine rings is 1. The number of hydrogen-bond donors (Lipinski definition) is 0. The van der Waals surface area contributed by atoms with Crippen molar-refractivity contribution in [2.24, 2.45) is 0 Å². The van der Waals surface area contributed by atoms with E-state index in [0.717, 1.165) is 36.8 Å². The maximum absolute atomic E-state index is 12.5. The largest absolute Gasteiger partial charge is 0.497 e. The van der Waals surface area contributed by atoms with Crippen molar-refractivity contribution < 1.29 is 9.53 Å². The van der Waals surface area contributed by atoms with Crippen molar-refractivity contribution in [3.8, 4) is 5.75 Å². The number of anilines is 1. The van der Waals surface area contributed by atoms with Gasteiger partial charge in [0.15, 0.2) is 0 Å². The van der Waals surface area contributed by atoms with Gasteiger partial charge in [-0.2, -0.15) is 0 Å². The number of carbonyl (C=O) groups excluding carboxylic acids is 1. The topological polar surface area (TPSA) is 32.8 Å². The van der Waals surface area contributed by atoms with Crippen molar-refractivity contribution in [3.63, 3.8) is 0 Å². The van der Waals surface area contributed by atoms with Gasteiger partial charge in [0, 0.05) is 36.8 Å². The first-order valence-corrected chi connectivity index (χ1v) is 9.50. The number of nitrogens with zero attached hydrogens (tertiary/aromatic N) is 2. The smallest absolute Gasteiger partial charge is 0.233 e. The van der Waals surface area contributed by atoms with E-state index < -0.39 is 0 Å². The molecular weight excluding hydrogens is 332 g/mol. The molecule has 0 spiro atoms. The van der Waals surface area contributed by atoms with Gasteiger partial charge >= 0.3 is 0 Å². The lowest BCUT2D eigenvalue weighted by atomic mass is 10.2. The second kappa shape index (κ2) is 8.30. The maximum Gasteiger partial charge on any atom is 0.233 e. The molecule has 0 N–H and O–H groups in total. The molecule has 1 fully saturated rings. The Morgan fingerprint density at radius 1 is 1.08 bits per heavy atom. The van der Waals surface area contributed by atoms with E-state index in [1.54, 1.807) is 18.9 Å². The first-order chi connectivity index (χ1) is 12.2. The van der Waals surface area contributed by atoms with Crippen LogP contribution in [0.4, 0.5) is 5.69 Å². The SMILES string of the molecule is COc1ccc(N2CCN(C(=O)CSc3cccc(C)c3)CC2)cc1. The molecule has 0 radical (unpaired) electrons. The van der Waals surface area contributed by atoms with E-state index in [2.05, 4.69) is 42.2 Å². The molecule has 1 amide bonds. The van der Waals surface area contributed by atoms with Crippen LogP contribution in [0.5, 0.6) is 5.75 Å². The van der Waals surface area contributed by atoms with Crippen LogP contribution in [-0.4, -0.2) is 49.8 Å². The number of aryl methyl sites for hydroxylation is 1. The molecule has 4 nitrogen and oxygen atoms in total. The highest BCUT2D eigenvalue weighted by atomic mass is 32.2. The monoisotopic (exact) mass is 356 g/mol. The zero-order valence-corrected chi connectivity index (χ0v) is 15.6. The van der Waals surface area contributed by atoms with Crippen LogP contribution in [0.15, 0.2) is 53.4 Å². The third kappa shape index (κ3) is 4.69. The van der Waals surface area contributed by atoms with Crippen LogP contribution < -0.4 is 9.64 Å². The fourth-order valence-corrected chi connectivity index (χ4v) is 3.87. The first-order valence-electron chi connectivity index (χ1n) is 8.52. The lowest BCUT2D eigenvalue weighted by Crippen LogP contribution is -2.49. The number of benzene rings is 2. The van der Waals surface area contributed by atoms with E-state index in [1.807, 2.05) is 23.1 Å². The summed E-state index contributed by atoms with van der Waals surface area (Å²) in [6.07, 6.45) is 0. The van der Waals surface area contributed by atoms with Gasteiger partial charge < -0.3 is 14.5 Å². The van der Waals surface area contributed by atoms with Crippen molar-refractivity contribution >= 4 is 23.4 Å². The second-order valence-electron chi connectivity index (χ2n) is 6.17. The van der Waals surface area contributed by atoms with Crippen LogP contribution >= 0.6 is 11.8 Å². The highest BCUT2D eigenvalue weighted by Crippen LogP contribution is 2.22. The number of rotatable bonds is 5. The predicted octanol–water partition coefficient (Wildman–Crippen LogP) is 3.44. The van der Waals surface area contributed by atoms with Gasteiger partial charge in [-0.15, -0.1) is 11.8 Å². The summed E-state index contributed by atoms with van der Waals surface area (Å²) in [6.45, 7) is 5.36. The summed E-state index contributed by atoms with van der Waals surface area (Å²) in [4.78, 5) is 17.9. The van der Waals surface area contributed by atoms with Crippen molar-refractivity contribution in [2.75, 3.05) is 43.9 Å². The van der Waals surface area contributed by atoms with E-state index in [4.69, 9.17) is 4.74 Å². The van der Waals surface area contributed by atoms with Gasteiger partial charge in [0.25, 0.3) is 0 Å². The minimum atomic E-state index is 0.223. The van der Waals surface area contributed by atoms with Gasteiger partial charge in [0.2, 0.25) is 5.91 Å². The Bertz CT molecular complexity index is 710. The molecule has 0 unspecified atom stereocenters. The number of carbonyl (C=O) groups is 1. The fraction of sp³-hybridized carbons (Fsp3) is 0.350. The quantitative estimate of drug-likeness (QED) is 0.769. The summed E-state index contributed by atoms with van der Waals surface area (Å²) >= 11 is 1.62. The number of amides is 1. The molecule has 1 aliphatic heterocycles. The molecule has 2 aromatic carbocycles. The zero-order valence-electron chi connectivity index (χ0n) is 14.8. The Morgan fingerprint density at radius 2 is 1.80 bits per heavy atom. The molecule has 0 atom stereocenters. The normalized spacial score (nSPS) is 14.5. The number of methoxy groups -OCH3 is 1. The molecular formula is C20H24N2O2S. The van der Waals surface area contributed by atoms with Gasteiger partial charge in [0.1, 0.15) is 5.75 Å². The van der Waals surface area contributed by atoms with E-state index in [1.165, 1.54) is 11.3 Å². The Morgan fingerprint density at radius 3 is 2.44 bits per heavy atom. The van der Waals surface area contributed by atoms with E-state index in [-0.39, 0.29) is 5.91 Å². The maximum atomic E-state index is 12.5. The van der Waals surface area contributed by atoms with E-state index >= 15 is 0 Å². The molecule has 0 bridgehead atoms.